The van der Waals surface area contributed by atoms with Crippen LogP contribution in [0.15, 0.2) is 17.0 Å². The molecule has 0 aliphatic carbocycles. The van der Waals surface area contributed by atoms with E-state index in [0.717, 1.165) is 0 Å². The van der Waals surface area contributed by atoms with Gasteiger partial charge in [0.1, 0.15) is 0 Å². The van der Waals surface area contributed by atoms with E-state index in [1.165, 1.54) is 6.26 Å². The van der Waals surface area contributed by atoms with Crippen LogP contribution in [-0.2, 0) is 0 Å². The summed E-state index contributed by atoms with van der Waals surface area (Å²) in [6.45, 7) is 0. The monoisotopic (exact) mass is 170 g/mol. The standard InChI is InChI=1S/C2H2N2O.ClHO4/c1-2-5-4-3-1;2-1(3,4)5/h1-2H;(H,2,3,4,5). The smallest absolute Gasteiger partial charge is 0.234 e. The second-order valence-corrected chi connectivity index (χ2v) is 1.76. The van der Waals surface area contributed by atoms with Gasteiger partial charge in [0.25, 0.3) is 0 Å². The average molecular weight is 171 g/mol. The first kappa shape index (κ1) is 9.27. The molecule has 0 amide bonds. The van der Waals surface area contributed by atoms with Crippen molar-refractivity contribution in [2.24, 2.45) is 0 Å². The van der Waals surface area contributed by atoms with Crippen molar-refractivity contribution >= 4 is 0 Å². The van der Waals surface area contributed by atoms with Crippen LogP contribution in [0.25, 0.3) is 0 Å². The molecule has 0 fully saturated rings. The molecule has 1 aromatic rings. The lowest BCUT2D eigenvalue weighted by Gasteiger charge is -2.17. The first-order valence-corrected chi connectivity index (χ1v) is 3.12. The molecule has 1 N–H and O–H groups in total. The fourth-order valence-electron chi connectivity index (χ4n) is 0.152. The van der Waals surface area contributed by atoms with Gasteiger partial charge in [0.05, 0.1) is 0 Å². The zero-order valence-corrected chi connectivity index (χ0v) is 5.28. The number of aromatic nitrogens is 2. The SMILES string of the molecule is [O-][Cl+3]([O-])([O-])[O-].c1con[nH+]1. The second-order valence-electron chi connectivity index (χ2n) is 1.01. The van der Waals surface area contributed by atoms with Gasteiger partial charge < -0.3 is 4.52 Å². The second kappa shape index (κ2) is 4.14. The minimum atomic E-state index is -4.94. The van der Waals surface area contributed by atoms with Crippen molar-refractivity contribution < 1.29 is 38.5 Å². The maximum Gasteiger partial charge on any atom is 0.234 e. The lowest BCUT2D eigenvalue weighted by atomic mass is 11.0. The Morgan fingerprint density at radius 3 is 1.90 bits per heavy atom. The van der Waals surface area contributed by atoms with Crippen LogP contribution in [0, 0.1) is 10.2 Å². The minimum absolute atomic E-state index is 1.46. The molecule has 0 saturated heterocycles. The lowest BCUT2D eigenvalue weighted by Crippen LogP contribution is -2.68. The lowest BCUT2D eigenvalue weighted by molar-refractivity contribution is -2.00. The van der Waals surface area contributed by atoms with Crippen molar-refractivity contribution in [1.29, 1.82) is 0 Å². The van der Waals surface area contributed by atoms with E-state index in [9.17, 15) is 0 Å². The molecule has 0 atom stereocenters. The highest BCUT2D eigenvalue weighted by Gasteiger charge is 1.84. The molecule has 58 valence electrons. The van der Waals surface area contributed by atoms with Gasteiger partial charge in [0.2, 0.25) is 6.20 Å². The zero-order valence-electron chi connectivity index (χ0n) is 4.52. The van der Waals surface area contributed by atoms with Crippen LogP contribution in [-0.4, -0.2) is 5.27 Å². The predicted molar refractivity (Wildman–Crippen MR) is 13.1 cm³/mol. The molecule has 8 heteroatoms. The molecule has 0 unspecified atom stereocenters. The number of H-pyrrole nitrogens is 1. The summed E-state index contributed by atoms with van der Waals surface area (Å²) in [6, 6.07) is 0. The number of hydrogen-bond donors (Lipinski definition) is 0. The summed E-state index contributed by atoms with van der Waals surface area (Å²) >= 11 is 0. The summed E-state index contributed by atoms with van der Waals surface area (Å²) in [5.41, 5.74) is 0. The van der Waals surface area contributed by atoms with E-state index in [4.69, 9.17) is 18.6 Å². The highest BCUT2D eigenvalue weighted by atomic mass is 35.7. The Hall–Kier alpha value is -0.730. The van der Waals surface area contributed by atoms with E-state index >= 15 is 0 Å². The van der Waals surface area contributed by atoms with Crippen molar-refractivity contribution in [3.8, 4) is 0 Å². The fraction of sp³-hybridized carbons (Fsp3) is 0. The molecule has 0 aliphatic rings. The Balaban J connectivity index is 0.000000162. The van der Waals surface area contributed by atoms with Crippen molar-refractivity contribution in [2.75, 3.05) is 0 Å². The third kappa shape index (κ3) is 15.7. The number of hydrogen-bond acceptors (Lipinski definition) is 6. The average Bonchev–Trinajstić information content (AvgIpc) is 2.07. The predicted octanol–water partition coefficient (Wildman–Crippen LogP) is -5.27. The summed E-state index contributed by atoms with van der Waals surface area (Å²) in [6.07, 6.45) is 3.06. The van der Waals surface area contributed by atoms with E-state index in [2.05, 4.69) is 14.9 Å². The molecule has 1 rings (SSSR count). The molecule has 0 spiro atoms. The minimum Gasteiger partial charge on any atom is -0.309 e. The Labute approximate surface area is 57.2 Å². The maximum absolute atomic E-state index is 8.49. The fourth-order valence-corrected chi connectivity index (χ4v) is 0.152. The van der Waals surface area contributed by atoms with Crippen LogP contribution in [0.4, 0.5) is 0 Å². The summed E-state index contributed by atoms with van der Waals surface area (Å²) in [7, 11) is -4.94. The molecule has 0 aliphatic heterocycles. The third-order valence-corrected chi connectivity index (χ3v) is 0.309. The van der Waals surface area contributed by atoms with Gasteiger partial charge in [-0.2, -0.15) is 0 Å². The number of aromatic amines is 1. The number of halogens is 1. The molecule has 10 heavy (non-hydrogen) atoms. The van der Waals surface area contributed by atoms with Gasteiger partial charge in [-0.3, -0.25) is 0 Å². The zero-order chi connectivity index (χ0) is 8.04. The van der Waals surface area contributed by atoms with E-state index < -0.39 is 10.2 Å². The largest absolute Gasteiger partial charge is 0.309 e. The van der Waals surface area contributed by atoms with Crippen LogP contribution in [0.3, 0.4) is 0 Å². The van der Waals surface area contributed by atoms with Crippen LogP contribution in [0.2, 0.25) is 0 Å². The highest BCUT2D eigenvalue weighted by molar-refractivity contribution is 4.38. The van der Waals surface area contributed by atoms with Crippen molar-refractivity contribution in [1.82, 2.24) is 5.27 Å². The molecular weight excluding hydrogens is 167 g/mol. The van der Waals surface area contributed by atoms with E-state index in [1.54, 1.807) is 6.20 Å². The molecule has 0 saturated carbocycles. The Morgan fingerprint density at radius 1 is 1.30 bits per heavy atom. The van der Waals surface area contributed by atoms with Gasteiger partial charge in [0, 0.05) is 0 Å². The molecule has 0 aromatic carbocycles. The van der Waals surface area contributed by atoms with Crippen LogP contribution in [0.1, 0.15) is 0 Å². The van der Waals surface area contributed by atoms with Crippen molar-refractivity contribution in [2.45, 2.75) is 0 Å². The summed E-state index contributed by atoms with van der Waals surface area (Å²) in [5.74, 6) is 0. The van der Waals surface area contributed by atoms with Crippen molar-refractivity contribution in [3.63, 3.8) is 0 Å². The van der Waals surface area contributed by atoms with Gasteiger partial charge in [0.15, 0.2) is 11.5 Å². The van der Waals surface area contributed by atoms with Crippen LogP contribution >= 0.6 is 0 Å². The normalized spacial score (nSPS) is 10.0. The topological polar surface area (TPSA) is 132 Å². The maximum atomic E-state index is 8.49. The first-order chi connectivity index (χ1) is 4.50. The molecule has 1 heterocycles. The molecular formula is C2H3ClN2O5. The van der Waals surface area contributed by atoms with Gasteiger partial charge in [-0.15, -0.1) is 10.2 Å². The third-order valence-electron chi connectivity index (χ3n) is 0.309. The Morgan fingerprint density at radius 2 is 1.80 bits per heavy atom. The van der Waals surface area contributed by atoms with E-state index in [1.807, 2.05) is 0 Å². The van der Waals surface area contributed by atoms with Gasteiger partial charge >= 0.3 is 0 Å². The van der Waals surface area contributed by atoms with Gasteiger partial charge in [-0.1, -0.05) is 5.10 Å². The number of nitrogens with zero attached hydrogens (tertiary/aromatic N) is 1. The van der Waals surface area contributed by atoms with Gasteiger partial charge in [-0.05, 0) is 0 Å². The van der Waals surface area contributed by atoms with Crippen LogP contribution < -0.4 is 23.7 Å². The summed E-state index contributed by atoms with van der Waals surface area (Å²) in [4.78, 5) is 0. The van der Waals surface area contributed by atoms with E-state index in [0.29, 0.717) is 0 Å². The number of rotatable bonds is 0. The summed E-state index contributed by atoms with van der Waals surface area (Å²) in [5, 5.41) is 5.67. The highest BCUT2D eigenvalue weighted by Crippen LogP contribution is 1.57. The molecule has 7 nitrogen and oxygen atoms in total. The summed E-state index contributed by atoms with van der Waals surface area (Å²) < 4.78 is 38.2. The Kier molecular flexibility index (Phi) is 3.84. The quantitative estimate of drug-likeness (QED) is 0.382. The molecule has 0 bridgehead atoms. The molecule has 1 aromatic heterocycles. The van der Waals surface area contributed by atoms with E-state index in [-0.39, 0.29) is 0 Å². The Bertz CT molecular complexity index is 124. The van der Waals surface area contributed by atoms with Crippen molar-refractivity contribution in [3.05, 3.63) is 12.5 Å². The van der Waals surface area contributed by atoms with Gasteiger partial charge in [-0.25, -0.2) is 18.6 Å². The van der Waals surface area contributed by atoms with Crippen LogP contribution in [0.5, 0.6) is 0 Å². The molecule has 0 radical (unpaired) electrons. The number of nitrogens with one attached hydrogen (secondary N) is 1. The first-order valence-electron chi connectivity index (χ1n) is 1.88.